The number of aromatic nitrogens is 2. The van der Waals surface area contributed by atoms with Crippen LogP contribution >= 0.6 is 0 Å². The van der Waals surface area contributed by atoms with Gasteiger partial charge in [-0.1, -0.05) is 30.3 Å². The van der Waals surface area contributed by atoms with Gasteiger partial charge in [0.1, 0.15) is 5.82 Å². The second-order valence-corrected chi connectivity index (χ2v) is 4.18. The standard InChI is InChI=1S/C14H19N3/c15-12-14-16-9-11-17(14)10-5-4-8-13-6-2-1-3-7-13/h1-3,6-7,9,11H,4-5,8,10,12,15H2. The summed E-state index contributed by atoms with van der Waals surface area (Å²) in [4.78, 5) is 4.21. The molecule has 0 radical (unpaired) electrons. The number of nitrogens with two attached hydrogens (primary N) is 1. The Morgan fingerprint density at radius 2 is 1.94 bits per heavy atom. The molecular formula is C14H19N3. The van der Waals surface area contributed by atoms with Gasteiger partial charge in [0.05, 0.1) is 6.54 Å². The van der Waals surface area contributed by atoms with E-state index in [4.69, 9.17) is 5.73 Å². The molecular weight excluding hydrogens is 210 g/mol. The predicted octanol–water partition coefficient (Wildman–Crippen LogP) is 2.36. The molecule has 1 heterocycles. The molecule has 0 spiro atoms. The highest BCUT2D eigenvalue weighted by atomic mass is 15.1. The monoisotopic (exact) mass is 229 g/mol. The highest BCUT2D eigenvalue weighted by Crippen LogP contribution is 2.06. The second-order valence-electron chi connectivity index (χ2n) is 4.18. The lowest BCUT2D eigenvalue weighted by Gasteiger charge is -2.06. The highest BCUT2D eigenvalue weighted by Gasteiger charge is 1.99. The van der Waals surface area contributed by atoms with Gasteiger partial charge in [-0.05, 0) is 24.8 Å². The Morgan fingerprint density at radius 1 is 1.12 bits per heavy atom. The van der Waals surface area contributed by atoms with Gasteiger partial charge in [-0.15, -0.1) is 0 Å². The summed E-state index contributed by atoms with van der Waals surface area (Å²) in [7, 11) is 0. The fraction of sp³-hybridized carbons (Fsp3) is 0.357. The Balaban J connectivity index is 1.73. The fourth-order valence-electron chi connectivity index (χ4n) is 1.99. The quantitative estimate of drug-likeness (QED) is 0.773. The van der Waals surface area contributed by atoms with Crippen LogP contribution in [0.3, 0.4) is 0 Å². The number of rotatable bonds is 6. The topological polar surface area (TPSA) is 43.8 Å². The van der Waals surface area contributed by atoms with Gasteiger partial charge in [0.25, 0.3) is 0 Å². The maximum atomic E-state index is 5.61. The maximum absolute atomic E-state index is 5.61. The number of imidazole rings is 1. The largest absolute Gasteiger partial charge is 0.334 e. The van der Waals surface area contributed by atoms with Crippen molar-refractivity contribution in [3.63, 3.8) is 0 Å². The second kappa shape index (κ2) is 6.21. The molecule has 90 valence electrons. The number of aryl methyl sites for hydroxylation is 2. The molecule has 2 N–H and O–H groups in total. The number of hydrogen-bond donors (Lipinski definition) is 1. The molecule has 3 heteroatoms. The average Bonchev–Trinajstić information content (AvgIpc) is 2.83. The van der Waals surface area contributed by atoms with E-state index in [0.717, 1.165) is 25.2 Å². The zero-order chi connectivity index (χ0) is 11.9. The van der Waals surface area contributed by atoms with Gasteiger partial charge in [0, 0.05) is 18.9 Å². The molecule has 2 rings (SSSR count). The molecule has 1 aromatic heterocycles. The summed E-state index contributed by atoms with van der Waals surface area (Å²) in [6.07, 6.45) is 7.34. The van der Waals surface area contributed by atoms with Gasteiger partial charge < -0.3 is 10.3 Å². The molecule has 0 atom stereocenters. The van der Waals surface area contributed by atoms with E-state index in [0.29, 0.717) is 6.54 Å². The number of hydrogen-bond acceptors (Lipinski definition) is 2. The van der Waals surface area contributed by atoms with E-state index in [1.54, 1.807) is 0 Å². The highest BCUT2D eigenvalue weighted by molar-refractivity contribution is 5.14. The summed E-state index contributed by atoms with van der Waals surface area (Å²) in [5.41, 5.74) is 7.02. The Hall–Kier alpha value is -1.61. The SMILES string of the molecule is NCc1nccn1CCCCc1ccccc1. The van der Waals surface area contributed by atoms with Crippen LogP contribution in [0.1, 0.15) is 24.2 Å². The van der Waals surface area contributed by atoms with E-state index in [2.05, 4.69) is 39.9 Å². The van der Waals surface area contributed by atoms with Crippen LogP contribution in [0.4, 0.5) is 0 Å². The van der Waals surface area contributed by atoms with Crippen LogP contribution in [0, 0.1) is 0 Å². The Morgan fingerprint density at radius 3 is 2.71 bits per heavy atom. The Labute approximate surface area is 102 Å². The molecule has 1 aromatic carbocycles. The first kappa shape index (κ1) is 11.9. The molecule has 0 saturated carbocycles. The van der Waals surface area contributed by atoms with Crippen LogP contribution < -0.4 is 5.73 Å². The lowest BCUT2D eigenvalue weighted by atomic mass is 10.1. The maximum Gasteiger partial charge on any atom is 0.122 e. The fourth-order valence-corrected chi connectivity index (χ4v) is 1.99. The summed E-state index contributed by atoms with van der Waals surface area (Å²) >= 11 is 0. The third-order valence-corrected chi connectivity index (χ3v) is 2.94. The van der Waals surface area contributed by atoms with Crippen molar-refractivity contribution in [3.8, 4) is 0 Å². The van der Waals surface area contributed by atoms with Gasteiger partial charge in [-0.3, -0.25) is 0 Å². The van der Waals surface area contributed by atoms with Crippen molar-refractivity contribution < 1.29 is 0 Å². The summed E-state index contributed by atoms with van der Waals surface area (Å²) in [5.74, 6) is 0.977. The minimum Gasteiger partial charge on any atom is -0.334 e. The van der Waals surface area contributed by atoms with Crippen LogP contribution in [0.15, 0.2) is 42.7 Å². The summed E-state index contributed by atoms with van der Waals surface area (Å²) in [6.45, 7) is 1.53. The number of unbranched alkanes of at least 4 members (excludes halogenated alkanes) is 1. The molecule has 0 bridgehead atoms. The minimum absolute atomic E-state index is 0.520. The third-order valence-electron chi connectivity index (χ3n) is 2.94. The number of benzene rings is 1. The van der Waals surface area contributed by atoms with Crippen molar-refractivity contribution in [2.24, 2.45) is 5.73 Å². The first-order valence-electron chi connectivity index (χ1n) is 6.14. The van der Waals surface area contributed by atoms with Gasteiger partial charge >= 0.3 is 0 Å². The lowest BCUT2D eigenvalue weighted by molar-refractivity contribution is 0.586. The Kier molecular flexibility index (Phi) is 4.33. The van der Waals surface area contributed by atoms with Crippen molar-refractivity contribution in [1.29, 1.82) is 0 Å². The zero-order valence-electron chi connectivity index (χ0n) is 10.0. The lowest BCUT2D eigenvalue weighted by Crippen LogP contribution is -2.08. The Bertz CT molecular complexity index is 434. The summed E-state index contributed by atoms with van der Waals surface area (Å²) < 4.78 is 2.14. The van der Waals surface area contributed by atoms with Gasteiger partial charge in [-0.25, -0.2) is 4.98 Å². The van der Waals surface area contributed by atoms with E-state index in [-0.39, 0.29) is 0 Å². The molecule has 3 nitrogen and oxygen atoms in total. The van der Waals surface area contributed by atoms with Gasteiger partial charge in [0.2, 0.25) is 0 Å². The average molecular weight is 229 g/mol. The van der Waals surface area contributed by atoms with E-state index in [1.165, 1.54) is 12.0 Å². The molecule has 0 fully saturated rings. The third kappa shape index (κ3) is 3.43. The van der Waals surface area contributed by atoms with Crippen LogP contribution in [0.5, 0.6) is 0 Å². The van der Waals surface area contributed by atoms with Gasteiger partial charge in [0.15, 0.2) is 0 Å². The van der Waals surface area contributed by atoms with Gasteiger partial charge in [-0.2, -0.15) is 0 Å². The first-order chi connectivity index (χ1) is 8.40. The minimum atomic E-state index is 0.520. The molecule has 0 aliphatic rings. The van der Waals surface area contributed by atoms with Crippen LogP contribution in [0.2, 0.25) is 0 Å². The predicted molar refractivity (Wildman–Crippen MR) is 69.5 cm³/mol. The van der Waals surface area contributed by atoms with Crippen molar-refractivity contribution in [3.05, 3.63) is 54.1 Å². The normalized spacial score (nSPS) is 10.6. The van der Waals surface area contributed by atoms with Crippen molar-refractivity contribution in [1.82, 2.24) is 9.55 Å². The molecule has 17 heavy (non-hydrogen) atoms. The van der Waals surface area contributed by atoms with E-state index < -0.39 is 0 Å². The van der Waals surface area contributed by atoms with Crippen molar-refractivity contribution in [2.45, 2.75) is 32.4 Å². The molecule has 0 aliphatic carbocycles. The summed E-state index contributed by atoms with van der Waals surface area (Å²) in [6, 6.07) is 10.6. The number of nitrogens with zero attached hydrogens (tertiary/aromatic N) is 2. The first-order valence-corrected chi connectivity index (χ1v) is 6.14. The molecule has 0 amide bonds. The summed E-state index contributed by atoms with van der Waals surface area (Å²) in [5, 5.41) is 0. The van der Waals surface area contributed by atoms with Crippen LogP contribution in [-0.2, 0) is 19.5 Å². The molecule has 2 aromatic rings. The van der Waals surface area contributed by atoms with Crippen LogP contribution in [-0.4, -0.2) is 9.55 Å². The van der Waals surface area contributed by atoms with Crippen molar-refractivity contribution >= 4 is 0 Å². The zero-order valence-corrected chi connectivity index (χ0v) is 10.0. The van der Waals surface area contributed by atoms with E-state index >= 15 is 0 Å². The molecule has 0 aliphatic heterocycles. The van der Waals surface area contributed by atoms with E-state index in [1.807, 2.05) is 12.4 Å². The smallest absolute Gasteiger partial charge is 0.122 e. The van der Waals surface area contributed by atoms with E-state index in [9.17, 15) is 0 Å². The van der Waals surface area contributed by atoms with Crippen molar-refractivity contribution in [2.75, 3.05) is 0 Å². The molecule has 0 saturated heterocycles. The molecule has 0 unspecified atom stereocenters. The van der Waals surface area contributed by atoms with Crippen LogP contribution in [0.25, 0.3) is 0 Å².